The largest absolute Gasteiger partial charge is 0.494 e. The topological polar surface area (TPSA) is 47.6 Å². The number of anilines is 1. The van der Waals surface area contributed by atoms with Gasteiger partial charge in [-0.05, 0) is 55.0 Å². The van der Waals surface area contributed by atoms with Crippen LogP contribution in [0.3, 0.4) is 0 Å². The van der Waals surface area contributed by atoms with Crippen LogP contribution >= 0.6 is 0 Å². The van der Waals surface area contributed by atoms with Gasteiger partial charge < -0.3 is 14.8 Å². The molecule has 2 aromatic carbocycles. The summed E-state index contributed by atoms with van der Waals surface area (Å²) in [6.07, 6.45) is 3.36. The second-order valence-electron chi connectivity index (χ2n) is 5.37. The Morgan fingerprint density at radius 3 is 2.21 bits per heavy atom. The van der Waals surface area contributed by atoms with Crippen molar-refractivity contribution in [2.75, 3.05) is 18.5 Å². The number of carbonyl (C=O) groups is 1. The number of rotatable bonds is 9. The zero-order valence-electron chi connectivity index (χ0n) is 13.8. The molecular weight excluding hydrogens is 309 g/mol. The van der Waals surface area contributed by atoms with Crippen LogP contribution in [0, 0.1) is 5.82 Å². The zero-order valence-corrected chi connectivity index (χ0v) is 13.8. The molecule has 0 radical (unpaired) electrons. The Labute approximate surface area is 141 Å². The molecule has 0 aliphatic heterocycles. The molecule has 0 aromatic heterocycles. The Balaban J connectivity index is 1.73. The number of hydrogen-bond donors (Lipinski definition) is 1. The summed E-state index contributed by atoms with van der Waals surface area (Å²) in [5.74, 6) is 0.724. The van der Waals surface area contributed by atoms with Gasteiger partial charge in [-0.15, -0.1) is 0 Å². The lowest BCUT2D eigenvalue weighted by molar-refractivity contribution is -0.118. The van der Waals surface area contributed by atoms with E-state index in [0.717, 1.165) is 25.0 Å². The molecule has 24 heavy (non-hydrogen) atoms. The van der Waals surface area contributed by atoms with Gasteiger partial charge in [-0.1, -0.05) is 19.8 Å². The van der Waals surface area contributed by atoms with E-state index in [9.17, 15) is 9.18 Å². The molecular formula is C19H22FNO3. The van der Waals surface area contributed by atoms with Crippen LogP contribution in [0.4, 0.5) is 10.1 Å². The van der Waals surface area contributed by atoms with Crippen molar-refractivity contribution in [3.63, 3.8) is 0 Å². The van der Waals surface area contributed by atoms with E-state index in [0.29, 0.717) is 18.0 Å². The molecule has 128 valence electrons. The highest BCUT2D eigenvalue weighted by Gasteiger charge is 2.04. The second-order valence-corrected chi connectivity index (χ2v) is 5.37. The standard InChI is InChI=1S/C19H22FNO3/c1-2-3-4-13-23-17-9-11-18(12-10-17)24-14-19(22)21-16-7-5-15(20)6-8-16/h5-12H,2-4,13-14H2,1H3,(H,21,22). The van der Waals surface area contributed by atoms with Gasteiger partial charge in [0, 0.05) is 5.69 Å². The van der Waals surface area contributed by atoms with Crippen molar-refractivity contribution in [2.24, 2.45) is 0 Å². The fraction of sp³-hybridized carbons (Fsp3) is 0.316. The van der Waals surface area contributed by atoms with Gasteiger partial charge in [-0.2, -0.15) is 0 Å². The van der Waals surface area contributed by atoms with Crippen molar-refractivity contribution in [1.82, 2.24) is 0 Å². The van der Waals surface area contributed by atoms with Gasteiger partial charge in [-0.3, -0.25) is 4.79 Å². The molecule has 0 atom stereocenters. The van der Waals surface area contributed by atoms with Gasteiger partial charge in [0.1, 0.15) is 17.3 Å². The highest BCUT2D eigenvalue weighted by atomic mass is 19.1. The Kier molecular flexibility index (Phi) is 7.08. The third-order valence-corrected chi connectivity index (χ3v) is 3.34. The molecule has 4 nitrogen and oxygen atoms in total. The maximum atomic E-state index is 12.8. The van der Waals surface area contributed by atoms with Gasteiger partial charge in [0.25, 0.3) is 5.91 Å². The number of unbranched alkanes of at least 4 members (excludes halogenated alkanes) is 2. The third-order valence-electron chi connectivity index (χ3n) is 3.34. The summed E-state index contributed by atoms with van der Waals surface area (Å²) in [6.45, 7) is 2.74. The average molecular weight is 331 g/mol. The fourth-order valence-electron chi connectivity index (χ4n) is 2.05. The molecule has 0 fully saturated rings. The third kappa shape index (κ3) is 6.28. The fourth-order valence-corrected chi connectivity index (χ4v) is 2.05. The Morgan fingerprint density at radius 2 is 1.58 bits per heavy atom. The molecule has 0 saturated carbocycles. The van der Waals surface area contributed by atoms with Gasteiger partial charge in [-0.25, -0.2) is 4.39 Å². The molecule has 0 bridgehead atoms. The number of carbonyl (C=O) groups excluding carboxylic acids is 1. The van der Waals surface area contributed by atoms with E-state index in [2.05, 4.69) is 12.2 Å². The summed E-state index contributed by atoms with van der Waals surface area (Å²) in [5.41, 5.74) is 0.529. The normalized spacial score (nSPS) is 10.2. The predicted molar refractivity (Wildman–Crippen MR) is 92.0 cm³/mol. The first kappa shape index (κ1) is 17.8. The Morgan fingerprint density at radius 1 is 0.958 bits per heavy atom. The number of nitrogens with one attached hydrogen (secondary N) is 1. The summed E-state index contributed by atoms with van der Waals surface area (Å²) in [4.78, 5) is 11.8. The summed E-state index contributed by atoms with van der Waals surface area (Å²) >= 11 is 0. The van der Waals surface area contributed by atoms with E-state index in [1.807, 2.05) is 12.1 Å². The van der Waals surface area contributed by atoms with Crippen LogP contribution in [0.2, 0.25) is 0 Å². The minimum Gasteiger partial charge on any atom is -0.494 e. The minimum absolute atomic E-state index is 0.117. The number of ether oxygens (including phenoxy) is 2. The van der Waals surface area contributed by atoms with Gasteiger partial charge in [0.05, 0.1) is 6.61 Å². The first-order valence-electron chi connectivity index (χ1n) is 8.08. The number of amides is 1. The smallest absolute Gasteiger partial charge is 0.262 e. The van der Waals surface area contributed by atoms with Crippen LogP contribution in [0.5, 0.6) is 11.5 Å². The van der Waals surface area contributed by atoms with Crippen LogP contribution in [0.25, 0.3) is 0 Å². The lowest BCUT2D eigenvalue weighted by atomic mass is 10.3. The lowest BCUT2D eigenvalue weighted by Gasteiger charge is -2.09. The second kappa shape index (κ2) is 9.55. The summed E-state index contributed by atoms with van der Waals surface area (Å²) < 4.78 is 23.8. The van der Waals surface area contributed by atoms with Crippen molar-refractivity contribution in [3.8, 4) is 11.5 Å². The maximum absolute atomic E-state index is 12.8. The SMILES string of the molecule is CCCCCOc1ccc(OCC(=O)Nc2ccc(F)cc2)cc1. The zero-order chi connectivity index (χ0) is 17.2. The Hall–Kier alpha value is -2.56. The van der Waals surface area contributed by atoms with E-state index >= 15 is 0 Å². The van der Waals surface area contributed by atoms with Crippen LogP contribution < -0.4 is 14.8 Å². The lowest BCUT2D eigenvalue weighted by Crippen LogP contribution is -2.20. The van der Waals surface area contributed by atoms with Crippen molar-refractivity contribution in [2.45, 2.75) is 26.2 Å². The molecule has 0 saturated heterocycles. The summed E-state index contributed by atoms with van der Waals surface area (Å²) in [7, 11) is 0. The molecule has 5 heteroatoms. The molecule has 2 aromatic rings. The molecule has 2 rings (SSSR count). The molecule has 0 spiro atoms. The number of hydrogen-bond acceptors (Lipinski definition) is 3. The molecule has 0 aliphatic carbocycles. The Bertz CT molecular complexity index is 626. The molecule has 1 N–H and O–H groups in total. The predicted octanol–water partition coefficient (Wildman–Crippen LogP) is 4.41. The minimum atomic E-state index is -0.346. The van der Waals surface area contributed by atoms with E-state index in [1.54, 1.807) is 12.1 Å². The monoisotopic (exact) mass is 331 g/mol. The molecule has 0 aliphatic rings. The van der Waals surface area contributed by atoms with Crippen molar-refractivity contribution in [3.05, 3.63) is 54.3 Å². The molecule has 1 amide bonds. The maximum Gasteiger partial charge on any atom is 0.262 e. The average Bonchev–Trinajstić information content (AvgIpc) is 2.60. The van der Waals surface area contributed by atoms with Gasteiger partial charge in [0.15, 0.2) is 6.61 Å². The van der Waals surface area contributed by atoms with Crippen LogP contribution in [-0.4, -0.2) is 19.1 Å². The first-order valence-corrected chi connectivity index (χ1v) is 8.08. The first-order chi connectivity index (χ1) is 11.7. The molecule has 0 heterocycles. The molecule has 0 unspecified atom stereocenters. The highest BCUT2D eigenvalue weighted by Crippen LogP contribution is 2.18. The van der Waals surface area contributed by atoms with Crippen molar-refractivity contribution < 1.29 is 18.7 Å². The van der Waals surface area contributed by atoms with Crippen molar-refractivity contribution >= 4 is 11.6 Å². The number of halogens is 1. The summed E-state index contributed by atoms with van der Waals surface area (Å²) in [5, 5.41) is 2.64. The highest BCUT2D eigenvalue weighted by molar-refractivity contribution is 5.91. The summed E-state index contributed by atoms with van der Waals surface area (Å²) in [6, 6.07) is 12.7. The van der Waals surface area contributed by atoms with Gasteiger partial charge in [0.2, 0.25) is 0 Å². The van der Waals surface area contributed by atoms with E-state index in [4.69, 9.17) is 9.47 Å². The van der Waals surface area contributed by atoms with Crippen LogP contribution in [0.1, 0.15) is 26.2 Å². The van der Waals surface area contributed by atoms with Crippen LogP contribution in [0.15, 0.2) is 48.5 Å². The van der Waals surface area contributed by atoms with Crippen LogP contribution in [-0.2, 0) is 4.79 Å². The van der Waals surface area contributed by atoms with E-state index < -0.39 is 0 Å². The van der Waals surface area contributed by atoms with Gasteiger partial charge >= 0.3 is 0 Å². The quantitative estimate of drug-likeness (QED) is 0.692. The van der Waals surface area contributed by atoms with E-state index in [1.165, 1.54) is 24.3 Å². The van der Waals surface area contributed by atoms with Crippen molar-refractivity contribution in [1.29, 1.82) is 0 Å². The number of benzene rings is 2. The van der Waals surface area contributed by atoms with E-state index in [-0.39, 0.29) is 18.3 Å².